The maximum Gasteiger partial charge on any atom is 0.310 e. The smallest absolute Gasteiger partial charge is 0.310 e. The fraction of sp³-hybridized carbons (Fsp3) is 0.231. The second kappa shape index (κ2) is 6.02. The van der Waals surface area contributed by atoms with Crippen molar-refractivity contribution in [1.29, 1.82) is 0 Å². The van der Waals surface area contributed by atoms with Crippen LogP contribution < -0.4 is 0 Å². The van der Waals surface area contributed by atoms with E-state index < -0.39 is 11.9 Å². The van der Waals surface area contributed by atoms with Gasteiger partial charge in [0.1, 0.15) is 0 Å². The van der Waals surface area contributed by atoms with E-state index in [1.807, 2.05) is 36.4 Å². The van der Waals surface area contributed by atoms with Crippen LogP contribution in [0.3, 0.4) is 0 Å². The summed E-state index contributed by atoms with van der Waals surface area (Å²) in [4.78, 5) is 10.8. The Balaban J connectivity index is 2.65. The summed E-state index contributed by atoms with van der Waals surface area (Å²) >= 11 is 0. The van der Waals surface area contributed by atoms with Gasteiger partial charge in [0.15, 0.2) is 0 Å². The van der Waals surface area contributed by atoms with E-state index in [2.05, 4.69) is 6.92 Å². The van der Waals surface area contributed by atoms with Gasteiger partial charge in [0.25, 0.3) is 0 Å². The molecule has 1 aromatic rings. The second-order valence-electron chi connectivity index (χ2n) is 3.36. The molecule has 1 aromatic carbocycles. The first-order valence-corrected chi connectivity index (χ1v) is 4.99. The van der Waals surface area contributed by atoms with Gasteiger partial charge in [-0.3, -0.25) is 4.79 Å². The topological polar surface area (TPSA) is 37.3 Å². The van der Waals surface area contributed by atoms with Crippen molar-refractivity contribution >= 4 is 12.0 Å². The van der Waals surface area contributed by atoms with Crippen molar-refractivity contribution < 1.29 is 9.90 Å². The van der Waals surface area contributed by atoms with Crippen LogP contribution in [0.4, 0.5) is 0 Å². The molecule has 2 nitrogen and oxygen atoms in total. The van der Waals surface area contributed by atoms with E-state index in [9.17, 15) is 4.79 Å². The van der Waals surface area contributed by atoms with Gasteiger partial charge in [-0.2, -0.15) is 0 Å². The van der Waals surface area contributed by atoms with Gasteiger partial charge in [-0.05, 0) is 12.0 Å². The second-order valence-corrected chi connectivity index (χ2v) is 3.36. The van der Waals surface area contributed by atoms with E-state index >= 15 is 0 Å². The van der Waals surface area contributed by atoms with Gasteiger partial charge in [-0.15, -0.1) is 0 Å². The average Bonchev–Trinajstić information content (AvgIpc) is 2.25. The summed E-state index contributed by atoms with van der Waals surface area (Å²) in [5.74, 6) is -1.21. The first kappa shape index (κ1) is 11.5. The lowest BCUT2D eigenvalue weighted by Crippen LogP contribution is -2.10. The summed E-state index contributed by atoms with van der Waals surface area (Å²) in [7, 11) is 0. The van der Waals surface area contributed by atoms with Crippen molar-refractivity contribution in [2.24, 2.45) is 5.92 Å². The van der Waals surface area contributed by atoms with Crippen LogP contribution >= 0.6 is 0 Å². The summed E-state index contributed by atoms with van der Waals surface area (Å²) in [5, 5.41) is 8.90. The molecule has 1 unspecified atom stereocenters. The molecule has 1 rings (SSSR count). The molecule has 2 heteroatoms. The molecule has 0 heterocycles. The lowest BCUT2D eigenvalue weighted by Gasteiger charge is -2.04. The highest BCUT2D eigenvalue weighted by Crippen LogP contribution is 2.11. The first-order chi connectivity index (χ1) is 7.24. The van der Waals surface area contributed by atoms with E-state index in [1.54, 1.807) is 6.08 Å². The Hall–Kier alpha value is -1.57. The van der Waals surface area contributed by atoms with Gasteiger partial charge in [0.2, 0.25) is 0 Å². The summed E-state index contributed by atoms with van der Waals surface area (Å²) in [6.45, 7) is 3.67. The van der Waals surface area contributed by atoms with Crippen LogP contribution in [0.25, 0.3) is 6.08 Å². The Labute approximate surface area is 90.3 Å². The highest BCUT2D eigenvalue weighted by molar-refractivity contribution is 5.73. The maximum atomic E-state index is 10.8. The minimum Gasteiger partial charge on any atom is -0.481 e. The molecular weight excluding hydrogens is 188 g/mol. The number of carbonyl (C=O) groups is 1. The van der Waals surface area contributed by atoms with Crippen molar-refractivity contribution in [2.75, 3.05) is 0 Å². The number of carboxylic acid groups (broad SMARTS) is 1. The largest absolute Gasteiger partial charge is 0.481 e. The third-order valence-corrected chi connectivity index (χ3v) is 2.15. The molecule has 1 atom stereocenters. The number of aliphatic carboxylic acids is 1. The van der Waals surface area contributed by atoms with Gasteiger partial charge in [-0.25, -0.2) is 0 Å². The van der Waals surface area contributed by atoms with Crippen LogP contribution in [0.5, 0.6) is 0 Å². The molecule has 0 bridgehead atoms. The molecular formula is C13H15O2. The fourth-order valence-electron chi connectivity index (χ4n) is 1.31. The fourth-order valence-corrected chi connectivity index (χ4v) is 1.31. The molecule has 15 heavy (non-hydrogen) atoms. The molecule has 0 aliphatic carbocycles. The molecule has 0 saturated carbocycles. The Bertz CT molecular complexity index is 328. The zero-order valence-corrected chi connectivity index (χ0v) is 8.60. The number of rotatable bonds is 5. The highest BCUT2D eigenvalue weighted by Gasteiger charge is 2.11. The molecule has 0 amide bonds. The molecule has 0 aliphatic rings. The van der Waals surface area contributed by atoms with Crippen LogP contribution in [0.2, 0.25) is 0 Å². The molecule has 1 radical (unpaired) electrons. The van der Waals surface area contributed by atoms with Gasteiger partial charge >= 0.3 is 5.97 Å². The lowest BCUT2D eigenvalue weighted by atomic mass is 10.0. The normalized spacial score (nSPS) is 12.9. The molecule has 0 aliphatic heterocycles. The number of carboxylic acids is 1. The predicted octanol–water partition coefficient (Wildman–Crippen LogP) is 3.01. The zero-order chi connectivity index (χ0) is 11.1. The van der Waals surface area contributed by atoms with E-state index in [0.717, 1.165) is 5.56 Å². The van der Waals surface area contributed by atoms with Crippen LogP contribution in [-0.2, 0) is 4.79 Å². The molecule has 1 N–H and O–H groups in total. The Kier molecular flexibility index (Phi) is 4.61. The highest BCUT2D eigenvalue weighted by atomic mass is 16.4. The maximum absolute atomic E-state index is 10.8. The summed E-state index contributed by atoms with van der Waals surface area (Å²) in [6, 6.07) is 9.68. The molecule has 79 valence electrons. The quantitative estimate of drug-likeness (QED) is 0.798. The Morgan fingerprint density at radius 3 is 2.60 bits per heavy atom. The molecule has 0 spiro atoms. The van der Waals surface area contributed by atoms with Gasteiger partial charge in [-0.1, -0.05) is 55.8 Å². The van der Waals surface area contributed by atoms with Crippen molar-refractivity contribution in [3.63, 3.8) is 0 Å². The van der Waals surface area contributed by atoms with E-state index in [1.165, 1.54) is 0 Å². The zero-order valence-electron chi connectivity index (χ0n) is 8.60. The number of hydrogen-bond acceptors (Lipinski definition) is 1. The summed E-state index contributed by atoms with van der Waals surface area (Å²) in [5.41, 5.74) is 1.02. The van der Waals surface area contributed by atoms with Crippen LogP contribution in [0, 0.1) is 12.8 Å². The van der Waals surface area contributed by atoms with Crippen LogP contribution in [0.1, 0.15) is 18.4 Å². The van der Waals surface area contributed by atoms with Crippen molar-refractivity contribution in [2.45, 2.75) is 12.8 Å². The van der Waals surface area contributed by atoms with Gasteiger partial charge in [0, 0.05) is 0 Å². The summed E-state index contributed by atoms with van der Waals surface area (Å²) < 4.78 is 0. The van der Waals surface area contributed by atoms with Crippen molar-refractivity contribution in [3.8, 4) is 0 Å². The third kappa shape index (κ3) is 3.98. The minimum atomic E-state index is -0.786. The summed E-state index contributed by atoms with van der Waals surface area (Å²) in [6.07, 6.45) is 4.78. The Morgan fingerprint density at radius 1 is 1.40 bits per heavy atom. The SMILES string of the molecule is [CH2]CCC(C=Cc1ccccc1)C(=O)O. The minimum absolute atomic E-state index is 0.428. The van der Waals surface area contributed by atoms with Crippen LogP contribution in [-0.4, -0.2) is 11.1 Å². The van der Waals surface area contributed by atoms with E-state index in [-0.39, 0.29) is 0 Å². The Morgan fingerprint density at radius 2 is 2.07 bits per heavy atom. The number of benzene rings is 1. The van der Waals surface area contributed by atoms with Gasteiger partial charge in [0.05, 0.1) is 5.92 Å². The molecule has 0 fully saturated rings. The number of hydrogen-bond donors (Lipinski definition) is 1. The van der Waals surface area contributed by atoms with Gasteiger partial charge < -0.3 is 5.11 Å². The monoisotopic (exact) mass is 203 g/mol. The van der Waals surface area contributed by atoms with E-state index in [4.69, 9.17) is 5.11 Å². The van der Waals surface area contributed by atoms with Crippen LogP contribution in [0.15, 0.2) is 36.4 Å². The first-order valence-electron chi connectivity index (χ1n) is 4.99. The van der Waals surface area contributed by atoms with Crippen molar-refractivity contribution in [3.05, 3.63) is 48.9 Å². The van der Waals surface area contributed by atoms with E-state index in [0.29, 0.717) is 12.8 Å². The molecule has 0 saturated heterocycles. The van der Waals surface area contributed by atoms with Crippen molar-refractivity contribution in [1.82, 2.24) is 0 Å². The standard InChI is InChI=1S/C13H15O2/c1-2-6-12(13(14)15)10-9-11-7-4-3-5-8-11/h3-5,7-10,12H,1-2,6H2,(H,14,15). The average molecular weight is 203 g/mol. The molecule has 0 aromatic heterocycles. The third-order valence-electron chi connectivity index (χ3n) is 2.15. The predicted molar refractivity (Wildman–Crippen MR) is 61.2 cm³/mol. The lowest BCUT2D eigenvalue weighted by molar-refractivity contribution is -0.140.